The van der Waals surface area contributed by atoms with E-state index in [1.807, 2.05) is 12.1 Å². The Hall–Kier alpha value is -2.10. The second kappa shape index (κ2) is 7.62. The third kappa shape index (κ3) is 4.45. The molecule has 0 amide bonds. The van der Waals surface area contributed by atoms with Crippen LogP contribution < -0.4 is 10.1 Å². The molecule has 1 N–H and O–H groups in total. The normalized spacial score (nSPS) is 12.0. The monoisotopic (exact) mass is 285 g/mol. The highest BCUT2D eigenvalue weighted by atomic mass is 16.5. The molecule has 4 nitrogen and oxygen atoms in total. The minimum Gasteiger partial charge on any atom is -0.437 e. The predicted octanol–water partition coefficient (Wildman–Crippen LogP) is 4.60. The van der Waals surface area contributed by atoms with E-state index in [-0.39, 0.29) is 0 Å². The van der Waals surface area contributed by atoms with Gasteiger partial charge in [-0.05, 0) is 36.5 Å². The summed E-state index contributed by atoms with van der Waals surface area (Å²) in [6, 6.07) is 8.18. The van der Waals surface area contributed by atoms with Crippen LogP contribution in [0.5, 0.6) is 11.6 Å². The van der Waals surface area contributed by atoms with Crippen molar-refractivity contribution in [2.75, 3.05) is 11.9 Å². The van der Waals surface area contributed by atoms with Crippen molar-refractivity contribution in [1.29, 1.82) is 0 Å². The maximum atomic E-state index is 5.75. The van der Waals surface area contributed by atoms with E-state index in [0.29, 0.717) is 11.8 Å². The molecular weight excluding hydrogens is 262 g/mol. The van der Waals surface area contributed by atoms with Crippen LogP contribution in [0.1, 0.15) is 45.1 Å². The second-order valence-electron chi connectivity index (χ2n) is 5.15. The minimum atomic E-state index is 0.507. The maximum absolute atomic E-state index is 5.75. The van der Waals surface area contributed by atoms with Crippen LogP contribution in [0, 0.1) is 0 Å². The zero-order valence-corrected chi connectivity index (χ0v) is 13.0. The van der Waals surface area contributed by atoms with Gasteiger partial charge in [0.2, 0.25) is 5.88 Å². The van der Waals surface area contributed by atoms with Crippen molar-refractivity contribution in [3.05, 3.63) is 42.2 Å². The molecule has 1 atom stereocenters. The molecule has 1 aromatic heterocycles. The van der Waals surface area contributed by atoms with Gasteiger partial charge in [-0.25, -0.2) is 0 Å². The Morgan fingerprint density at radius 3 is 2.57 bits per heavy atom. The average molecular weight is 285 g/mol. The first-order chi connectivity index (χ1) is 10.2. The highest BCUT2D eigenvalue weighted by molar-refractivity contribution is 5.36. The summed E-state index contributed by atoms with van der Waals surface area (Å²) < 4.78 is 5.75. The molecule has 0 saturated carbocycles. The van der Waals surface area contributed by atoms with E-state index in [1.165, 1.54) is 5.56 Å². The molecule has 1 unspecified atom stereocenters. The Morgan fingerprint density at radius 2 is 1.90 bits per heavy atom. The van der Waals surface area contributed by atoms with Crippen LogP contribution in [0.3, 0.4) is 0 Å². The first kappa shape index (κ1) is 15.3. The first-order valence-electron chi connectivity index (χ1n) is 7.56. The van der Waals surface area contributed by atoms with Gasteiger partial charge in [0.1, 0.15) is 11.6 Å². The van der Waals surface area contributed by atoms with Crippen molar-refractivity contribution in [1.82, 2.24) is 9.97 Å². The Morgan fingerprint density at radius 1 is 1.14 bits per heavy atom. The van der Waals surface area contributed by atoms with Crippen molar-refractivity contribution < 1.29 is 4.74 Å². The molecule has 0 aliphatic carbocycles. The van der Waals surface area contributed by atoms with E-state index in [2.05, 4.69) is 48.2 Å². The molecule has 4 heteroatoms. The molecule has 21 heavy (non-hydrogen) atoms. The van der Waals surface area contributed by atoms with Crippen molar-refractivity contribution >= 4 is 5.82 Å². The number of nitrogens with zero attached hydrogens (tertiary/aromatic N) is 2. The van der Waals surface area contributed by atoms with E-state index in [9.17, 15) is 0 Å². The molecule has 0 saturated heterocycles. The van der Waals surface area contributed by atoms with Crippen molar-refractivity contribution in [2.24, 2.45) is 0 Å². The van der Waals surface area contributed by atoms with Gasteiger partial charge in [0.25, 0.3) is 0 Å². The molecule has 112 valence electrons. The molecule has 0 bridgehead atoms. The van der Waals surface area contributed by atoms with Gasteiger partial charge in [-0.15, -0.1) is 0 Å². The zero-order valence-electron chi connectivity index (χ0n) is 13.0. The van der Waals surface area contributed by atoms with E-state index in [4.69, 9.17) is 4.74 Å². The van der Waals surface area contributed by atoms with E-state index < -0.39 is 0 Å². The highest BCUT2D eigenvalue weighted by Crippen LogP contribution is 2.24. The lowest BCUT2D eigenvalue weighted by Gasteiger charge is -2.10. The Labute approximate surface area is 126 Å². The van der Waals surface area contributed by atoms with Crippen molar-refractivity contribution in [2.45, 2.75) is 39.5 Å². The summed E-state index contributed by atoms with van der Waals surface area (Å²) in [5.74, 6) is 2.60. The van der Waals surface area contributed by atoms with E-state index >= 15 is 0 Å². The molecule has 1 aromatic carbocycles. The van der Waals surface area contributed by atoms with Crippen LogP contribution in [0.4, 0.5) is 5.82 Å². The lowest BCUT2D eigenvalue weighted by molar-refractivity contribution is 0.460. The summed E-state index contributed by atoms with van der Waals surface area (Å²) in [5.41, 5.74) is 1.33. The van der Waals surface area contributed by atoms with Crippen LogP contribution in [-0.2, 0) is 0 Å². The molecule has 2 aromatic rings. The molecular formula is C17H23N3O. The maximum Gasteiger partial charge on any atom is 0.239 e. The van der Waals surface area contributed by atoms with Crippen LogP contribution in [0.15, 0.2) is 36.7 Å². The molecule has 0 spiro atoms. The fourth-order valence-corrected chi connectivity index (χ4v) is 1.96. The minimum absolute atomic E-state index is 0.507. The van der Waals surface area contributed by atoms with Gasteiger partial charge in [-0.1, -0.05) is 32.9 Å². The second-order valence-corrected chi connectivity index (χ2v) is 5.15. The summed E-state index contributed by atoms with van der Waals surface area (Å²) in [6.45, 7) is 7.41. The summed E-state index contributed by atoms with van der Waals surface area (Å²) in [7, 11) is 0. The predicted molar refractivity (Wildman–Crippen MR) is 86.0 cm³/mol. The third-order valence-electron chi connectivity index (χ3n) is 3.45. The zero-order chi connectivity index (χ0) is 15.1. The molecule has 2 rings (SSSR count). The fraction of sp³-hybridized carbons (Fsp3) is 0.412. The van der Waals surface area contributed by atoms with Crippen LogP contribution >= 0.6 is 0 Å². The third-order valence-corrected chi connectivity index (χ3v) is 3.45. The number of benzene rings is 1. The number of hydrogen-bond acceptors (Lipinski definition) is 4. The van der Waals surface area contributed by atoms with Gasteiger partial charge >= 0.3 is 0 Å². The Kier molecular flexibility index (Phi) is 5.55. The van der Waals surface area contributed by atoms with Gasteiger partial charge in [-0.2, -0.15) is 4.98 Å². The number of aromatic nitrogens is 2. The van der Waals surface area contributed by atoms with Gasteiger partial charge in [0, 0.05) is 6.54 Å². The fourth-order valence-electron chi connectivity index (χ4n) is 1.96. The summed E-state index contributed by atoms with van der Waals surface area (Å²) in [4.78, 5) is 8.53. The smallest absolute Gasteiger partial charge is 0.239 e. The first-order valence-corrected chi connectivity index (χ1v) is 7.56. The van der Waals surface area contributed by atoms with Gasteiger partial charge in [-0.3, -0.25) is 4.98 Å². The van der Waals surface area contributed by atoms with Gasteiger partial charge in [0.05, 0.1) is 12.4 Å². The van der Waals surface area contributed by atoms with Gasteiger partial charge < -0.3 is 10.1 Å². The van der Waals surface area contributed by atoms with E-state index in [0.717, 1.165) is 31.0 Å². The van der Waals surface area contributed by atoms with Gasteiger partial charge in [0.15, 0.2) is 0 Å². The Balaban J connectivity index is 2.04. The molecule has 0 aliphatic rings. The number of ether oxygens (including phenoxy) is 1. The largest absolute Gasteiger partial charge is 0.437 e. The SMILES string of the molecule is CCCNc1cncc(Oc2ccc(C(C)CC)cc2)n1. The molecule has 0 radical (unpaired) electrons. The van der Waals surface area contributed by atoms with Crippen LogP contribution in [-0.4, -0.2) is 16.5 Å². The topological polar surface area (TPSA) is 47.0 Å². The van der Waals surface area contributed by atoms with Crippen LogP contribution in [0.2, 0.25) is 0 Å². The standard InChI is InChI=1S/C17H23N3O/c1-4-10-19-16-11-18-12-17(20-16)21-15-8-6-14(7-9-15)13(3)5-2/h6-9,11-13H,4-5,10H2,1-3H3,(H,19,20). The lowest BCUT2D eigenvalue weighted by atomic mass is 9.99. The average Bonchev–Trinajstić information content (AvgIpc) is 2.53. The van der Waals surface area contributed by atoms with Crippen molar-refractivity contribution in [3.8, 4) is 11.6 Å². The summed E-state index contributed by atoms with van der Waals surface area (Å²) >= 11 is 0. The molecule has 0 aliphatic heterocycles. The summed E-state index contributed by atoms with van der Waals surface area (Å²) in [6.07, 6.45) is 5.51. The molecule has 1 heterocycles. The lowest BCUT2D eigenvalue weighted by Crippen LogP contribution is -2.03. The Bertz CT molecular complexity index is 554. The number of nitrogens with one attached hydrogen (secondary N) is 1. The number of anilines is 1. The number of rotatable bonds is 7. The quantitative estimate of drug-likeness (QED) is 0.807. The molecule has 0 fully saturated rings. The highest BCUT2D eigenvalue weighted by Gasteiger charge is 2.05. The summed E-state index contributed by atoms with van der Waals surface area (Å²) in [5, 5.41) is 3.20. The van der Waals surface area contributed by atoms with Crippen molar-refractivity contribution in [3.63, 3.8) is 0 Å². The number of hydrogen-bond donors (Lipinski definition) is 1. The van der Waals surface area contributed by atoms with E-state index in [1.54, 1.807) is 12.4 Å². The van der Waals surface area contributed by atoms with Crippen LogP contribution in [0.25, 0.3) is 0 Å².